The van der Waals surface area contributed by atoms with E-state index in [2.05, 4.69) is 10.6 Å². The van der Waals surface area contributed by atoms with Crippen molar-refractivity contribution in [3.8, 4) is 22.6 Å². The van der Waals surface area contributed by atoms with Gasteiger partial charge in [0, 0.05) is 22.3 Å². The van der Waals surface area contributed by atoms with Crippen molar-refractivity contribution in [1.82, 2.24) is 0 Å². The molecule has 0 aliphatic carbocycles. The number of ether oxygens (including phenoxy) is 2. The van der Waals surface area contributed by atoms with Gasteiger partial charge in [-0.05, 0) is 72.8 Å². The fourth-order valence-electron chi connectivity index (χ4n) is 4.60. The van der Waals surface area contributed by atoms with E-state index in [1.54, 1.807) is 0 Å². The molecule has 1 aliphatic rings. The van der Waals surface area contributed by atoms with Gasteiger partial charge in [0.1, 0.15) is 21.3 Å². The quantitative estimate of drug-likeness (QED) is 0.174. The maximum absolute atomic E-state index is 13.7. The third-order valence-electron chi connectivity index (χ3n) is 6.79. The van der Waals surface area contributed by atoms with Gasteiger partial charge < -0.3 is 20.1 Å². The smallest absolute Gasteiger partial charge is 0.296 e. The highest BCUT2D eigenvalue weighted by Crippen LogP contribution is 2.48. The van der Waals surface area contributed by atoms with Gasteiger partial charge in [0.05, 0.1) is 35.4 Å². The van der Waals surface area contributed by atoms with Crippen molar-refractivity contribution in [1.29, 1.82) is 0 Å². The molecule has 17 heteroatoms. The molecule has 0 fully saturated rings. The van der Waals surface area contributed by atoms with Crippen LogP contribution in [0, 0.1) is 0 Å². The molecule has 0 unspecified atom stereocenters. The summed E-state index contributed by atoms with van der Waals surface area (Å²) in [6, 6.07) is 14.4. The van der Waals surface area contributed by atoms with Crippen molar-refractivity contribution in [3.05, 3.63) is 83.9 Å². The standard InChI is InChI=1S/C28H22N2O12S3/c1-41-17-7-3-15(4-8-17)27(31)29-21-13-23-19(11-25(21)44(35,36)37)20-12-26(45(38,39)40)22(14-24(20)43(23,33)34)30-28(32)16-5-9-18(42-2)10-6-16/h3-14H,1-2H3,(H,29,31)(H,30,32)(H,35,36,37)(H,38,39,40). The van der Waals surface area contributed by atoms with Gasteiger partial charge in [0.2, 0.25) is 9.84 Å². The second-order valence-electron chi connectivity index (χ2n) is 9.51. The van der Waals surface area contributed by atoms with E-state index >= 15 is 0 Å². The molecule has 0 radical (unpaired) electrons. The molecule has 4 N–H and O–H groups in total. The molecular weight excluding hydrogens is 653 g/mol. The highest BCUT2D eigenvalue weighted by atomic mass is 32.2. The molecule has 234 valence electrons. The molecule has 0 spiro atoms. The van der Waals surface area contributed by atoms with Gasteiger partial charge in [-0.25, -0.2) is 8.42 Å². The summed E-state index contributed by atoms with van der Waals surface area (Å²) in [5.41, 5.74) is -1.79. The number of hydrogen-bond donors (Lipinski definition) is 4. The maximum Gasteiger partial charge on any atom is 0.296 e. The Balaban J connectivity index is 1.63. The Morgan fingerprint density at radius 3 is 1.24 bits per heavy atom. The molecule has 2 amide bonds. The van der Waals surface area contributed by atoms with Crippen LogP contribution >= 0.6 is 0 Å². The second-order valence-corrected chi connectivity index (χ2v) is 14.2. The zero-order valence-corrected chi connectivity index (χ0v) is 25.6. The van der Waals surface area contributed by atoms with Gasteiger partial charge in [0.15, 0.2) is 0 Å². The minimum atomic E-state index is -5.09. The minimum absolute atomic E-state index is 0.0405. The average molecular weight is 675 g/mol. The van der Waals surface area contributed by atoms with E-state index in [0.717, 1.165) is 24.3 Å². The molecule has 1 aliphatic heterocycles. The van der Waals surface area contributed by atoms with E-state index in [9.17, 15) is 43.9 Å². The van der Waals surface area contributed by atoms with Crippen LogP contribution in [-0.4, -0.2) is 60.4 Å². The Labute approximate surface area is 257 Å². The maximum atomic E-state index is 13.7. The van der Waals surface area contributed by atoms with Gasteiger partial charge in [-0.15, -0.1) is 0 Å². The van der Waals surface area contributed by atoms with Crippen LogP contribution in [0.3, 0.4) is 0 Å². The molecule has 4 aromatic carbocycles. The summed E-state index contributed by atoms with van der Waals surface area (Å²) in [6.07, 6.45) is 0. The van der Waals surface area contributed by atoms with Crippen LogP contribution in [0.4, 0.5) is 11.4 Å². The van der Waals surface area contributed by atoms with Crippen LogP contribution < -0.4 is 20.1 Å². The molecule has 0 aromatic heterocycles. The summed E-state index contributed by atoms with van der Waals surface area (Å²) in [5, 5.41) is 4.56. The topological polar surface area (TPSA) is 220 Å². The highest BCUT2D eigenvalue weighted by Gasteiger charge is 2.38. The number of hydrogen-bond acceptors (Lipinski definition) is 10. The number of amides is 2. The molecule has 45 heavy (non-hydrogen) atoms. The number of sulfone groups is 1. The average Bonchev–Trinajstić information content (AvgIpc) is 3.20. The number of fused-ring (bicyclic) bond motifs is 3. The lowest BCUT2D eigenvalue weighted by molar-refractivity contribution is 0.101. The third kappa shape index (κ3) is 5.98. The molecule has 4 aromatic rings. The number of nitrogens with one attached hydrogen (secondary N) is 2. The van der Waals surface area contributed by atoms with Gasteiger partial charge in [-0.1, -0.05) is 0 Å². The number of methoxy groups -OCH3 is 2. The molecule has 0 saturated carbocycles. The fraction of sp³-hybridized carbons (Fsp3) is 0.0714. The van der Waals surface area contributed by atoms with E-state index in [0.29, 0.717) is 11.5 Å². The molecule has 0 saturated heterocycles. The summed E-state index contributed by atoms with van der Waals surface area (Å²) in [5.74, 6) is -0.856. The van der Waals surface area contributed by atoms with Crippen molar-refractivity contribution >= 4 is 53.3 Å². The van der Waals surface area contributed by atoms with E-state index in [-0.39, 0.29) is 22.3 Å². The van der Waals surface area contributed by atoms with Crippen molar-refractivity contribution in [2.24, 2.45) is 0 Å². The lowest BCUT2D eigenvalue weighted by Gasteiger charge is -2.13. The van der Waals surface area contributed by atoms with E-state index in [4.69, 9.17) is 9.47 Å². The van der Waals surface area contributed by atoms with Crippen LogP contribution in [0.5, 0.6) is 11.5 Å². The van der Waals surface area contributed by atoms with Gasteiger partial charge in [-0.3, -0.25) is 18.7 Å². The first-order chi connectivity index (χ1) is 21.0. The zero-order valence-electron chi connectivity index (χ0n) is 23.1. The lowest BCUT2D eigenvalue weighted by Crippen LogP contribution is -2.15. The SMILES string of the molecule is COc1ccc(C(=O)Nc2cc3c(cc2S(=O)(=O)O)-c2cc(S(=O)(=O)O)c(NC(=O)c4ccc(OC)cc4)cc2S3(=O)=O)cc1. The number of carbonyl (C=O) groups is 2. The summed E-state index contributed by atoms with van der Waals surface area (Å²) in [6.45, 7) is 0. The van der Waals surface area contributed by atoms with Crippen molar-refractivity contribution < 1.29 is 53.4 Å². The zero-order chi connectivity index (χ0) is 32.9. The second kappa shape index (κ2) is 11.3. The summed E-state index contributed by atoms with van der Waals surface area (Å²) in [4.78, 5) is 22.9. The Morgan fingerprint density at radius 2 is 0.956 bits per heavy atom. The normalized spacial score (nSPS) is 13.3. The molecule has 0 atom stereocenters. The number of rotatable bonds is 8. The van der Waals surface area contributed by atoms with Gasteiger partial charge in [0.25, 0.3) is 32.1 Å². The van der Waals surface area contributed by atoms with Gasteiger partial charge >= 0.3 is 0 Å². The Hall–Kier alpha value is -4.81. The fourth-order valence-corrected chi connectivity index (χ4v) is 7.61. The first-order valence-corrected chi connectivity index (χ1v) is 16.9. The number of carbonyl (C=O) groups excluding carboxylic acids is 2. The van der Waals surface area contributed by atoms with Crippen LogP contribution in [0.2, 0.25) is 0 Å². The predicted octanol–water partition coefficient (Wildman–Crippen LogP) is 3.52. The van der Waals surface area contributed by atoms with Crippen molar-refractivity contribution in [2.75, 3.05) is 24.9 Å². The predicted molar refractivity (Wildman–Crippen MR) is 159 cm³/mol. The Bertz CT molecular complexity index is 2060. The highest BCUT2D eigenvalue weighted by molar-refractivity contribution is 7.92. The molecule has 0 bridgehead atoms. The number of benzene rings is 4. The van der Waals surface area contributed by atoms with E-state index in [1.165, 1.54) is 62.8 Å². The largest absolute Gasteiger partial charge is 0.497 e. The first kappa shape index (κ1) is 31.6. The minimum Gasteiger partial charge on any atom is -0.497 e. The van der Waals surface area contributed by atoms with Crippen molar-refractivity contribution in [3.63, 3.8) is 0 Å². The Kier molecular flexibility index (Phi) is 7.92. The number of anilines is 2. The summed E-state index contributed by atoms with van der Waals surface area (Å²) in [7, 11) is -11.9. The first-order valence-electron chi connectivity index (χ1n) is 12.5. The third-order valence-corrected chi connectivity index (χ3v) is 10.4. The van der Waals surface area contributed by atoms with Gasteiger partial charge in [-0.2, -0.15) is 16.8 Å². The van der Waals surface area contributed by atoms with E-state index < -0.39 is 72.8 Å². The van der Waals surface area contributed by atoms with Crippen LogP contribution in [0.15, 0.2) is 92.4 Å². The molecule has 14 nitrogen and oxygen atoms in total. The Morgan fingerprint density at radius 1 is 0.622 bits per heavy atom. The molecule has 1 heterocycles. The summed E-state index contributed by atoms with van der Waals surface area (Å²) >= 11 is 0. The lowest BCUT2D eigenvalue weighted by atomic mass is 10.0. The monoisotopic (exact) mass is 674 g/mol. The van der Waals surface area contributed by atoms with Crippen LogP contribution in [-0.2, 0) is 30.1 Å². The van der Waals surface area contributed by atoms with Crippen LogP contribution in [0.25, 0.3) is 11.1 Å². The van der Waals surface area contributed by atoms with Crippen molar-refractivity contribution in [2.45, 2.75) is 19.6 Å². The molecular formula is C28H22N2O12S3. The van der Waals surface area contributed by atoms with Crippen LogP contribution in [0.1, 0.15) is 20.7 Å². The molecule has 5 rings (SSSR count). The summed E-state index contributed by atoms with van der Waals surface area (Å²) < 4.78 is 107. The van der Waals surface area contributed by atoms with E-state index in [1.807, 2.05) is 0 Å².